The van der Waals surface area contributed by atoms with Gasteiger partial charge in [-0.05, 0) is 31.2 Å². The molecule has 0 amide bonds. The molecule has 76 valence electrons. The lowest BCUT2D eigenvalue weighted by molar-refractivity contribution is 0.589. The average molecular weight is 189 g/mol. The molecule has 1 heteroatoms. The molecule has 1 aromatic carbocycles. The first-order chi connectivity index (χ1) is 6.83. The molecule has 0 aliphatic heterocycles. The summed E-state index contributed by atoms with van der Waals surface area (Å²) in [5.74, 6) is 0. The van der Waals surface area contributed by atoms with E-state index in [1.54, 1.807) is 0 Å². The van der Waals surface area contributed by atoms with Crippen molar-refractivity contribution in [2.45, 2.75) is 31.7 Å². The molecule has 2 N–H and O–H groups in total. The minimum Gasteiger partial charge on any atom is -0.327 e. The number of rotatable bonds is 6. The largest absolute Gasteiger partial charge is 0.327 e. The van der Waals surface area contributed by atoms with E-state index in [0.29, 0.717) is 0 Å². The summed E-state index contributed by atoms with van der Waals surface area (Å²) >= 11 is 0. The zero-order valence-corrected chi connectivity index (χ0v) is 8.65. The fraction of sp³-hybridized carbons (Fsp3) is 0.385. The van der Waals surface area contributed by atoms with Crippen LogP contribution in [0.1, 0.15) is 24.8 Å². The van der Waals surface area contributed by atoms with E-state index < -0.39 is 0 Å². The van der Waals surface area contributed by atoms with Gasteiger partial charge in [-0.15, -0.1) is 6.58 Å². The standard InChI is InChI=1S/C13H19N/c1-2-7-13(14)11-6-10-12-8-4-3-5-9-12/h2-5,8-9,13H,1,6-7,10-11,14H2. The van der Waals surface area contributed by atoms with Crippen LogP contribution < -0.4 is 5.73 Å². The van der Waals surface area contributed by atoms with Crippen molar-refractivity contribution in [3.05, 3.63) is 48.6 Å². The van der Waals surface area contributed by atoms with E-state index in [1.165, 1.54) is 12.0 Å². The van der Waals surface area contributed by atoms with Gasteiger partial charge < -0.3 is 5.73 Å². The highest BCUT2D eigenvalue weighted by molar-refractivity contribution is 5.14. The maximum atomic E-state index is 5.88. The Morgan fingerprint density at radius 3 is 2.64 bits per heavy atom. The Morgan fingerprint density at radius 1 is 1.29 bits per heavy atom. The van der Waals surface area contributed by atoms with E-state index in [0.717, 1.165) is 19.3 Å². The summed E-state index contributed by atoms with van der Waals surface area (Å²) in [5.41, 5.74) is 7.28. The normalized spacial score (nSPS) is 12.4. The van der Waals surface area contributed by atoms with Gasteiger partial charge in [0.1, 0.15) is 0 Å². The Kier molecular flexibility index (Phi) is 5.02. The van der Waals surface area contributed by atoms with Gasteiger partial charge >= 0.3 is 0 Å². The van der Waals surface area contributed by atoms with Crippen molar-refractivity contribution in [1.82, 2.24) is 0 Å². The Labute approximate surface area is 86.6 Å². The molecule has 1 aromatic rings. The van der Waals surface area contributed by atoms with Crippen molar-refractivity contribution in [3.63, 3.8) is 0 Å². The summed E-state index contributed by atoms with van der Waals surface area (Å²) in [4.78, 5) is 0. The Balaban J connectivity index is 2.18. The Morgan fingerprint density at radius 2 is 2.00 bits per heavy atom. The van der Waals surface area contributed by atoms with Gasteiger partial charge in [0.25, 0.3) is 0 Å². The van der Waals surface area contributed by atoms with Crippen molar-refractivity contribution in [3.8, 4) is 0 Å². The highest BCUT2D eigenvalue weighted by atomic mass is 14.6. The maximum absolute atomic E-state index is 5.88. The monoisotopic (exact) mass is 189 g/mol. The minimum atomic E-state index is 0.288. The molecule has 0 radical (unpaired) electrons. The van der Waals surface area contributed by atoms with Gasteiger partial charge in [-0.3, -0.25) is 0 Å². The molecule has 0 aliphatic rings. The summed E-state index contributed by atoms with van der Waals surface area (Å²) in [7, 11) is 0. The van der Waals surface area contributed by atoms with Crippen LogP contribution in [0.15, 0.2) is 43.0 Å². The van der Waals surface area contributed by atoms with Gasteiger partial charge in [0, 0.05) is 6.04 Å². The number of benzene rings is 1. The molecule has 0 heterocycles. The third kappa shape index (κ3) is 4.24. The van der Waals surface area contributed by atoms with E-state index in [9.17, 15) is 0 Å². The first-order valence-electron chi connectivity index (χ1n) is 5.23. The molecule has 0 aliphatic carbocycles. The third-order valence-corrected chi connectivity index (χ3v) is 2.35. The van der Waals surface area contributed by atoms with Crippen LogP contribution in [-0.2, 0) is 6.42 Å². The summed E-state index contributed by atoms with van der Waals surface area (Å²) in [6, 6.07) is 10.8. The Hall–Kier alpha value is -1.08. The van der Waals surface area contributed by atoms with Crippen molar-refractivity contribution >= 4 is 0 Å². The maximum Gasteiger partial charge on any atom is 0.00734 e. The quantitative estimate of drug-likeness (QED) is 0.684. The third-order valence-electron chi connectivity index (χ3n) is 2.35. The van der Waals surface area contributed by atoms with E-state index in [2.05, 4.69) is 30.8 Å². The molecule has 0 aromatic heterocycles. The van der Waals surface area contributed by atoms with Crippen LogP contribution in [0.4, 0.5) is 0 Å². The van der Waals surface area contributed by atoms with E-state index in [1.807, 2.05) is 12.1 Å². The Bertz CT molecular complexity index is 253. The predicted octanol–water partition coefficient (Wildman–Crippen LogP) is 2.91. The van der Waals surface area contributed by atoms with Crippen LogP contribution in [0.3, 0.4) is 0 Å². The highest BCUT2D eigenvalue weighted by Gasteiger charge is 1.99. The molecule has 0 saturated heterocycles. The molecule has 14 heavy (non-hydrogen) atoms. The van der Waals surface area contributed by atoms with E-state index >= 15 is 0 Å². The van der Waals surface area contributed by atoms with Gasteiger partial charge in [0.15, 0.2) is 0 Å². The molecule has 0 bridgehead atoms. The van der Waals surface area contributed by atoms with Gasteiger partial charge in [0.05, 0.1) is 0 Å². The highest BCUT2D eigenvalue weighted by Crippen LogP contribution is 2.07. The van der Waals surface area contributed by atoms with Crippen molar-refractivity contribution < 1.29 is 0 Å². The second kappa shape index (κ2) is 6.39. The smallest absolute Gasteiger partial charge is 0.00734 e. The molecule has 0 fully saturated rings. The molecule has 0 spiro atoms. The SMILES string of the molecule is C=CCC(N)CCCc1ccccc1. The zero-order valence-electron chi connectivity index (χ0n) is 8.65. The fourth-order valence-corrected chi connectivity index (χ4v) is 1.54. The zero-order chi connectivity index (χ0) is 10.2. The summed E-state index contributed by atoms with van der Waals surface area (Å²) in [5, 5.41) is 0. The van der Waals surface area contributed by atoms with Crippen molar-refractivity contribution in [2.24, 2.45) is 5.73 Å². The van der Waals surface area contributed by atoms with Gasteiger partial charge in [-0.25, -0.2) is 0 Å². The van der Waals surface area contributed by atoms with Gasteiger partial charge in [0.2, 0.25) is 0 Å². The lowest BCUT2D eigenvalue weighted by atomic mass is 10.0. The van der Waals surface area contributed by atoms with Crippen molar-refractivity contribution in [2.75, 3.05) is 0 Å². The molecule has 1 rings (SSSR count). The molecular formula is C13H19N. The van der Waals surface area contributed by atoms with Crippen LogP contribution in [0.2, 0.25) is 0 Å². The first kappa shape index (κ1) is 11.0. The molecular weight excluding hydrogens is 170 g/mol. The van der Waals surface area contributed by atoms with Crippen LogP contribution in [0.25, 0.3) is 0 Å². The lowest BCUT2D eigenvalue weighted by Gasteiger charge is -2.08. The summed E-state index contributed by atoms with van der Waals surface area (Å²) in [6.45, 7) is 3.69. The molecule has 0 saturated carbocycles. The summed E-state index contributed by atoms with van der Waals surface area (Å²) < 4.78 is 0. The van der Waals surface area contributed by atoms with Crippen LogP contribution in [0.5, 0.6) is 0 Å². The topological polar surface area (TPSA) is 26.0 Å². The second-order valence-electron chi connectivity index (χ2n) is 3.66. The molecule has 1 unspecified atom stereocenters. The number of aryl methyl sites for hydroxylation is 1. The second-order valence-corrected chi connectivity index (χ2v) is 3.66. The minimum absolute atomic E-state index is 0.288. The molecule has 1 atom stereocenters. The predicted molar refractivity (Wildman–Crippen MR) is 62.2 cm³/mol. The van der Waals surface area contributed by atoms with Crippen LogP contribution in [0, 0.1) is 0 Å². The number of hydrogen-bond acceptors (Lipinski definition) is 1. The van der Waals surface area contributed by atoms with Gasteiger partial charge in [-0.2, -0.15) is 0 Å². The fourth-order valence-electron chi connectivity index (χ4n) is 1.54. The lowest BCUT2D eigenvalue weighted by Crippen LogP contribution is -2.18. The first-order valence-corrected chi connectivity index (χ1v) is 5.23. The van der Waals surface area contributed by atoms with E-state index in [-0.39, 0.29) is 6.04 Å². The van der Waals surface area contributed by atoms with E-state index in [4.69, 9.17) is 5.73 Å². The molecule has 1 nitrogen and oxygen atoms in total. The number of nitrogens with two attached hydrogens (primary N) is 1. The van der Waals surface area contributed by atoms with Gasteiger partial charge in [-0.1, -0.05) is 36.4 Å². The average Bonchev–Trinajstić information content (AvgIpc) is 2.20. The van der Waals surface area contributed by atoms with Crippen LogP contribution >= 0.6 is 0 Å². The summed E-state index contributed by atoms with van der Waals surface area (Å²) in [6.07, 6.45) is 6.20. The number of hydrogen-bond donors (Lipinski definition) is 1. The van der Waals surface area contributed by atoms with Crippen molar-refractivity contribution in [1.29, 1.82) is 0 Å². The van der Waals surface area contributed by atoms with Crippen LogP contribution in [-0.4, -0.2) is 6.04 Å².